The first-order valence-corrected chi connectivity index (χ1v) is 7.12. The molecular weight excluding hydrogens is 260 g/mol. The maximum Gasteiger partial charge on any atom is 0.0746 e. The van der Waals surface area contributed by atoms with Gasteiger partial charge in [0.2, 0.25) is 0 Å². The van der Waals surface area contributed by atoms with Crippen molar-refractivity contribution in [2.45, 2.75) is 12.6 Å². The highest BCUT2D eigenvalue weighted by molar-refractivity contribution is 6.18. The Bertz CT molecular complexity index is 555. The number of fused-ring (bicyclic) bond motifs is 1. The third-order valence-corrected chi connectivity index (χ3v) is 3.97. The van der Waals surface area contributed by atoms with Gasteiger partial charge in [-0.25, -0.2) is 0 Å². The van der Waals surface area contributed by atoms with Crippen LogP contribution in [0.25, 0.3) is 10.9 Å². The second-order valence-corrected chi connectivity index (χ2v) is 5.15. The van der Waals surface area contributed by atoms with Crippen LogP contribution in [0.15, 0.2) is 36.5 Å². The molecular formula is C15H17ClN2O. The highest BCUT2D eigenvalue weighted by Crippen LogP contribution is 2.20. The van der Waals surface area contributed by atoms with E-state index in [-0.39, 0.29) is 0 Å². The maximum absolute atomic E-state index is 6.02. The van der Waals surface area contributed by atoms with E-state index in [1.54, 1.807) is 0 Å². The Morgan fingerprint density at radius 1 is 1.32 bits per heavy atom. The quantitative estimate of drug-likeness (QED) is 0.806. The van der Waals surface area contributed by atoms with Crippen LogP contribution in [0.4, 0.5) is 0 Å². The Hall–Kier alpha value is -1.16. The first-order valence-electron chi connectivity index (χ1n) is 6.59. The SMILES string of the molecule is ClCC1COCCN1Cc1cccc2cccnc12. The normalized spacial score (nSPS) is 20.8. The number of pyridine rings is 1. The molecule has 1 unspecified atom stereocenters. The first-order chi connectivity index (χ1) is 9.38. The molecule has 1 aliphatic heterocycles. The van der Waals surface area contributed by atoms with Crippen LogP contribution in [0.5, 0.6) is 0 Å². The zero-order valence-corrected chi connectivity index (χ0v) is 11.5. The third-order valence-electron chi connectivity index (χ3n) is 3.62. The summed E-state index contributed by atoms with van der Waals surface area (Å²) < 4.78 is 5.49. The van der Waals surface area contributed by atoms with Crippen LogP contribution in [0.3, 0.4) is 0 Å². The fraction of sp³-hybridized carbons (Fsp3) is 0.400. The molecule has 0 aliphatic carbocycles. The number of para-hydroxylation sites is 1. The number of hydrogen-bond donors (Lipinski definition) is 0. The fourth-order valence-corrected chi connectivity index (χ4v) is 2.84. The van der Waals surface area contributed by atoms with E-state index in [0.29, 0.717) is 11.9 Å². The van der Waals surface area contributed by atoms with Crippen molar-refractivity contribution in [3.63, 3.8) is 0 Å². The van der Waals surface area contributed by atoms with Gasteiger partial charge >= 0.3 is 0 Å². The average Bonchev–Trinajstić information content (AvgIpc) is 2.48. The lowest BCUT2D eigenvalue weighted by Gasteiger charge is -2.34. The lowest BCUT2D eigenvalue weighted by Crippen LogP contribution is -2.45. The number of morpholine rings is 1. The van der Waals surface area contributed by atoms with Crippen LogP contribution in [0.1, 0.15) is 5.56 Å². The van der Waals surface area contributed by atoms with Crippen molar-refractivity contribution in [2.24, 2.45) is 0 Å². The van der Waals surface area contributed by atoms with Crippen LogP contribution in [-0.4, -0.2) is 41.6 Å². The lowest BCUT2D eigenvalue weighted by molar-refractivity contribution is -0.00287. The maximum atomic E-state index is 6.02. The molecule has 4 heteroatoms. The molecule has 1 aliphatic rings. The Morgan fingerprint density at radius 2 is 2.21 bits per heavy atom. The molecule has 0 bridgehead atoms. The van der Waals surface area contributed by atoms with Crippen molar-refractivity contribution < 1.29 is 4.74 Å². The van der Waals surface area contributed by atoms with Crippen molar-refractivity contribution in [3.8, 4) is 0 Å². The molecule has 0 radical (unpaired) electrons. The van der Waals surface area contributed by atoms with E-state index < -0.39 is 0 Å². The molecule has 3 nitrogen and oxygen atoms in total. The molecule has 19 heavy (non-hydrogen) atoms. The van der Waals surface area contributed by atoms with Crippen LogP contribution in [0.2, 0.25) is 0 Å². The molecule has 100 valence electrons. The van der Waals surface area contributed by atoms with E-state index in [1.807, 2.05) is 12.3 Å². The topological polar surface area (TPSA) is 25.4 Å². The summed E-state index contributed by atoms with van der Waals surface area (Å²) >= 11 is 6.02. The van der Waals surface area contributed by atoms with Crippen molar-refractivity contribution >= 4 is 22.5 Å². The molecule has 1 saturated heterocycles. The summed E-state index contributed by atoms with van der Waals surface area (Å²) in [5.41, 5.74) is 2.35. The molecule has 1 aromatic carbocycles. The van der Waals surface area contributed by atoms with Gasteiger partial charge in [0.15, 0.2) is 0 Å². The largest absolute Gasteiger partial charge is 0.378 e. The molecule has 0 N–H and O–H groups in total. The van der Waals surface area contributed by atoms with Crippen LogP contribution >= 0.6 is 11.6 Å². The molecule has 1 atom stereocenters. The van der Waals surface area contributed by atoms with Crippen molar-refractivity contribution in [2.75, 3.05) is 25.6 Å². The first kappa shape index (κ1) is 12.9. The number of alkyl halides is 1. The summed E-state index contributed by atoms with van der Waals surface area (Å²) in [6.45, 7) is 3.32. The number of ether oxygens (including phenoxy) is 1. The Balaban J connectivity index is 1.88. The predicted molar refractivity (Wildman–Crippen MR) is 77.5 cm³/mol. The summed E-state index contributed by atoms with van der Waals surface area (Å²) in [6.07, 6.45) is 1.85. The van der Waals surface area contributed by atoms with Gasteiger partial charge in [-0.1, -0.05) is 24.3 Å². The summed E-state index contributed by atoms with van der Waals surface area (Å²) in [4.78, 5) is 6.90. The minimum Gasteiger partial charge on any atom is -0.378 e. The fourth-order valence-electron chi connectivity index (χ4n) is 2.55. The van der Waals surface area contributed by atoms with Gasteiger partial charge in [-0.2, -0.15) is 0 Å². The summed E-state index contributed by atoms with van der Waals surface area (Å²) in [5.74, 6) is 0.609. The average molecular weight is 277 g/mol. The van der Waals surface area contributed by atoms with Gasteiger partial charge in [-0.3, -0.25) is 9.88 Å². The highest BCUT2D eigenvalue weighted by atomic mass is 35.5. The summed E-state index contributed by atoms with van der Waals surface area (Å²) in [6, 6.07) is 10.7. The molecule has 2 heterocycles. The van der Waals surface area contributed by atoms with Gasteiger partial charge in [0.25, 0.3) is 0 Å². The molecule has 0 spiro atoms. The van der Waals surface area contributed by atoms with E-state index in [9.17, 15) is 0 Å². The van der Waals surface area contributed by atoms with E-state index in [0.717, 1.165) is 31.8 Å². The van der Waals surface area contributed by atoms with Gasteiger partial charge in [0.05, 0.1) is 18.7 Å². The second-order valence-electron chi connectivity index (χ2n) is 4.85. The Morgan fingerprint density at radius 3 is 3.11 bits per heavy atom. The summed E-state index contributed by atoms with van der Waals surface area (Å²) in [5, 5.41) is 1.19. The third kappa shape index (κ3) is 2.73. The van der Waals surface area contributed by atoms with E-state index in [1.165, 1.54) is 10.9 Å². The van der Waals surface area contributed by atoms with Gasteiger partial charge in [0, 0.05) is 36.6 Å². The lowest BCUT2D eigenvalue weighted by atomic mass is 10.1. The predicted octanol–water partition coefficient (Wildman–Crippen LogP) is 2.67. The molecule has 0 saturated carbocycles. The van der Waals surface area contributed by atoms with Crippen molar-refractivity contribution in [3.05, 3.63) is 42.1 Å². The van der Waals surface area contributed by atoms with E-state index >= 15 is 0 Å². The minimum atomic E-state index is 0.300. The smallest absolute Gasteiger partial charge is 0.0746 e. The number of halogens is 1. The van der Waals surface area contributed by atoms with Gasteiger partial charge in [-0.05, 0) is 11.6 Å². The van der Waals surface area contributed by atoms with Crippen LogP contribution in [0, 0.1) is 0 Å². The highest BCUT2D eigenvalue weighted by Gasteiger charge is 2.22. The van der Waals surface area contributed by atoms with Crippen LogP contribution < -0.4 is 0 Å². The molecule has 1 aromatic heterocycles. The van der Waals surface area contributed by atoms with Gasteiger partial charge in [0.1, 0.15) is 0 Å². The minimum absolute atomic E-state index is 0.300. The number of benzene rings is 1. The second kappa shape index (κ2) is 5.87. The van der Waals surface area contributed by atoms with E-state index in [4.69, 9.17) is 16.3 Å². The number of nitrogens with zero attached hydrogens (tertiary/aromatic N) is 2. The van der Waals surface area contributed by atoms with Gasteiger partial charge in [-0.15, -0.1) is 11.6 Å². The monoisotopic (exact) mass is 276 g/mol. The van der Waals surface area contributed by atoms with Crippen molar-refractivity contribution in [1.82, 2.24) is 9.88 Å². The molecule has 1 fully saturated rings. The van der Waals surface area contributed by atoms with E-state index in [2.05, 4.69) is 34.1 Å². The van der Waals surface area contributed by atoms with Gasteiger partial charge < -0.3 is 4.74 Å². The molecule has 2 aromatic rings. The molecule has 3 rings (SSSR count). The Labute approximate surface area is 118 Å². The zero-order valence-electron chi connectivity index (χ0n) is 10.8. The number of aromatic nitrogens is 1. The van der Waals surface area contributed by atoms with Crippen molar-refractivity contribution in [1.29, 1.82) is 0 Å². The standard InChI is InChI=1S/C15H17ClN2O/c16-9-14-11-19-8-7-18(14)10-13-4-1-3-12-5-2-6-17-15(12)13/h1-6,14H,7-11H2. The number of hydrogen-bond acceptors (Lipinski definition) is 3. The Kier molecular flexibility index (Phi) is 3.97. The van der Waals surface area contributed by atoms with Crippen LogP contribution in [-0.2, 0) is 11.3 Å². The number of rotatable bonds is 3. The summed E-state index contributed by atoms with van der Waals surface area (Å²) in [7, 11) is 0. The zero-order chi connectivity index (χ0) is 13.1. The molecule has 0 amide bonds.